The zero-order valence-electron chi connectivity index (χ0n) is 9.90. The molecule has 16 heavy (non-hydrogen) atoms. The van der Waals surface area contributed by atoms with Crippen molar-refractivity contribution in [3.63, 3.8) is 0 Å². The lowest BCUT2D eigenvalue weighted by Crippen LogP contribution is -1.99. The minimum atomic E-state index is 0.579. The van der Waals surface area contributed by atoms with Crippen molar-refractivity contribution in [2.75, 3.05) is 0 Å². The quantitative estimate of drug-likeness (QED) is 0.788. The molecule has 0 unspecified atom stereocenters. The van der Waals surface area contributed by atoms with E-state index in [4.69, 9.17) is 4.74 Å². The molecule has 0 spiro atoms. The Morgan fingerprint density at radius 2 is 1.88 bits per heavy atom. The summed E-state index contributed by atoms with van der Waals surface area (Å²) in [5.74, 6) is 0.894. The Bertz CT molecular complexity index is 474. The average molecular weight is 216 g/mol. The molecule has 0 radical (unpaired) electrons. The van der Waals surface area contributed by atoms with Crippen molar-refractivity contribution in [1.29, 1.82) is 0 Å². The Kier molecular flexibility index (Phi) is 2.95. The number of rotatable bonds is 3. The number of aromatic nitrogens is 2. The van der Waals surface area contributed by atoms with Crippen LogP contribution in [-0.2, 0) is 13.7 Å². The van der Waals surface area contributed by atoms with Crippen molar-refractivity contribution >= 4 is 0 Å². The molecule has 1 heterocycles. The van der Waals surface area contributed by atoms with Crippen molar-refractivity contribution in [1.82, 2.24) is 9.78 Å². The van der Waals surface area contributed by atoms with Gasteiger partial charge in [0.25, 0.3) is 0 Å². The predicted molar refractivity (Wildman–Crippen MR) is 63.5 cm³/mol. The fourth-order valence-corrected chi connectivity index (χ4v) is 1.70. The average Bonchev–Trinajstić information content (AvgIpc) is 2.53. The van der Waals surface area contributed by atoms with Crippen LogP contribution < -0.4 is 4.74 Å². The van der Waals surface area contributed by atoms with E-state index in [1.807, 2.05) is 49.0 Å². The Hall–Kier alpha value is -1.77. The van der Waals surface area contributed by atoms with Gasteiger partial charge in [0.15, 0.2) is 0 Å². The highest BCUT2D eigenvalue weighted by Gasteiger charge is 2.09. The maximum absolute atomic E-state index is 5.71. The Morgan fingerprint density at radius 3 is 2.44 bits per heavy atom. The molecule has 3 heteroatoms. The van der Waals surface area contributed by atoms with Gasteiger partial charge in [-0.1, -0.05) is 18.2 Å². The first-order chi connectivity index (χ1) is 7.68. The monoisotopic (exact) mass is 216 g/mol. The van der Waals surface area contributed by atoms with Gasteiger partial charge < -0.3 is 4.74 Å². The highest BCUT2D eigenvalue weighted by atomic mass is 16.5. The first-order valence-corrected chi connectivity index (χ1v) is 5.35. The number of para-hydroxylation sites is 1. The normalized spacial score (nSPS) is 10.4. The van der Waals surface area contributed by atoms with Gasteiger partial charge in [-0.15, -0.1) is 0 Å². The molecule has 0 aliphatic rings. The number of nitrogens with zero attached hydrogens (tertiary/aromatic N) is 2. The Morgan fingerprint density at radius 1 is 1.19 bits per heavy atom. The molecule has 0 saturated carbocycles. The summed E-state index contributed by atoms with van der Waals surface area (Å²) >= 11 is 0. The van der Waals surface area contributed by atoms with Crippen LogP contribution in [0.3, 0.4) is 0 Å². The third-order valence-electron chi connectivity index (χ3n) is 2.79. The Labute approximate surface area is 95.7 Å². The second-order valence-electron chi connectivity index (χ2n) is 3.87. The summed E-state index contributed by atoms with van der Waals surface area (Å²) in [6.07, 6.45) is 0. The minimum absolute atomic E-state index is 0.579. The van der Waals surface area contributed by atoms with E-state index in [9.17, 15) is 0 Å². The van der Waals surface area contributed by atoms with Crippen molar-refractivity contribution in [3.05, 3.63) is 47.3 Å². The summed E-state index contributed by atoms with van der Waals surface area (Å²) in [5, 5.41) is 4.36. The second kappa shape index (κ2) is 4.39. The third-order valence-corrected chi connectivity index (χ3v) is 2.79. The molecular weight excluding hydrogens is 200 g/mol. The van der Waals surface area contributed by atoms with Gasteiger partial charge >= 0.3 is 0 Å². The Balaban J connectivity index is 2.11. The summed E-state index contributed by atoms with van der Waals surface area (Å²) in [7, 11) is 1.95. The van der Waals surface area contributed by atoms with Crippen LogP contribution >= 0.6 is 0 Å². The van der Waals surface area contributed by atoms with E-state index in [1.165, 1.54) is 5.56 Å². The van der Waals surface area contributed by atoms with Gasteiger partial charge in [-0.25, -0.2) is 0 Å². The molecule has 0 saturated heterocycles. The summed E-state index contributed by atoms with van der Waals surface area (Å²) in [5.41, 5.74) is 3.37. The summed E-state index contributed by atoms with van der Waals surface area (Å²) in [6.45, 7) is 4.65. The molecule has 2 aromatic rings. The van der Waals surface area contributed by atoms with Gasteiger partial charge in [0.2, 0.25) is 0 Å². The number of benzene rings is 1. The van der Waals surface area contributed by atoms with E-state index in [-0.39, 0.29) is 0 Å². The van der Waals surface area contributed by atoms with Crippen LogP contribution in [0.4, 0.5) is 0 Å². The fraction of sp³-hybridized carbons (Fsp3) is 0.308. The zero-order chi connectivity index (χ0) is 11.5. The van der Waals surface area contributed by atoms with Crippen LogP contribution in [0, 0.1) is 13.8 Å². The maximum Gasteiger partial charge on any atom is 0.119 e. The van der Waals surface area contributed by atoms with Gasteiger partial charge in [0.05, 0.1) is 5.69 Å². The van der Waals surface area contributed by atoms with Crippen LogP contribution in [0.25, 0.3) is 0 Å². The maximum atomic E-state index is 5.71. The van der Waals surface area contributed by atoms with Gasteiger partial charge in [0, 0.05) is 18.3 Å². The number of hydrogen-bond acceptors (Lipinski definition) is 2. The van der Waals surface area contributed by atoms with Crippen molar-refractivity contribution in [2.45, 2.75) is 20.5 Å². The van der Waals surface area contributed by atoms with E-state index in [0.717, 1.165) is 17.1 Å². The molecule has 0 amide bonds. The van der Waals surface area contributed by atoms with E-state index in [0.29, 0.717) is 6.61 Å². The van der Waals surface area contributed by atoms with Crippen LogP contribution in [0.5, 0.6) is 5.75 Å². The van der Waals surface area contributed by atoms with Gasteiger partial charge in [-0.3, -0.25) is 4.68 Å². The lowest BCUT2D eigenvalue weighted by molar-refractivity contribution is 0.304. The van der Waals surface area contributed by atoms with Crippen LogP contribution in [-0.4, -0.2) is 9.78 Å². The van der Waals surface area contributed by atoms with Gasteiger partial charge in [-0.05, 0) is 26.0 Å². The summed E-state index contributed by atoms with van der Waals surface area (Å²) in [6, 6.07) is 9.84. The molecular formula is C13H16N2O. The molecule has 0 aliphatic heterocycles. The molecule has 1 aromatic heterocycles. The molecule has 0 fully saturated rings. The van der Waals surface area contributed by atoms with Crippen molar-refractivity contribution in [3.8, 4) is 5.75 Å². The molecule has 0 aliphatic carbocycles. The lowest BCUT2D eigenvalue weighted by Gasteiger charge is -2.06. The number of hydrogen-bond donors (Lipinski definition) is 0. The first-order valence-electron chi connectivity index (χ1n) is 5.35. The molecule has 0 atom stereocenters. The summed E-state index contributed by atoms with van der Waals surface area (Å²) < 4.78 is 7.60. The standard InChI is InChI=1S/C13H16N2O/c1-10-13(11(2)15(3)14-10)9-16-12-7-5-4-6-8-12/h4-8H,9H2,1-3H3. The molecule has 1 aromatic carbocycles. The third kappa shape index (κ3) is 2.08. The topological polar surface area (TPSA) is 27.1 Å². The van der Waals surface area contributed by atoms with E-state index < -0.39 is 0 Å². The van der Waals surface area contributed by atoms with Crippen LogP contribution in [0.1, 0.15) is 17.0 Å². The molecule has 2 rings (SSSR count). The van der Waals surface area contributed by atoms with Crippen LogP contribution in [0.2, 0.25) is 0 Å². The van der Waals surface area contributed by atoms with Gasteiger partial charge in [-0.2, -0.15) is 5.10 Å². The second-order valence-corrected chi connectivity index (χ2v) is 3.87. The van der Waals surface area contributed by atoms with Crippen molar-refractivity contribution < 1.29 is 4.74 Å². The molecule has 0 bridgehead atoms. The predicted octanol–water partition coefficient (Wildman–Crippen LogP) is 2.62. The number of ether oxygens (including phenoxy) is 1. The molecule has 84 valence electrons. The highest BCUT2D eigenvalue weighted by molar-refractivity contribution is 5.26. The fourth-order valence-electron chi connectivity index (χ4n) is 1.70. The minimum Gasteiger partial charge on any atom is -0.489 e. The van der Waals surface area contributed by atoms with Crippen LogP contribution in [0.15, 0.2) is 30.3 Å². The highest BCUT2D eigenvalue weighted by Crippen LogP contribution is 2.16. The largest absolute Gasteiger partial charge is 0.489 e. The van der Waals surface area contributed by atoms with Gasteiger partial charge in [0.1, 0.15) is 12.4 Å². The van der Waals surface area contributed by atoms with E-state index in [1.54, 1.807) is 0 Å². The number of aryl methyl sites for hydroxylation is 2. The molecule has 0 N–H and O–H groups in total. The first kappa shape index (κ1) is 10.7. The van der Waals surface area contributed by atoms with Crippen molar-refractivity contribution in [2.24, 2.45) is 7.05 Å². The van der Waals surface area contributed by atoms with E-state index >= 15 is 0 Å². The zero-order valence-corrected chi connectivity index (χ0v) is 9.90. The lowest BCUT2D eigenvalue weighted by atomic mass is 10.2. The van der Waals surface area contributed by atoms with E-state index in [2.05, 4.69) is 12.0 Å². The molecule has 3 nitrogen and oxygen atoms in total. The smallest absolute Gasteiger partial charge is 0.119 e. The summed E-state index contributed by atoms with van der Waals surface area (Å²) in [4.78, 5) is 0. The SMILES string of the molecule is Cc1nn(C)c(C)c1COc1ccccc1.